The van der Waals surface area contributed by atoms with Crippen LogP contribution in [0, 0.1) is 0 Å². The molecule has 4 aromatic rings. The molecule has 0 aliphatic carbocycles. The maximum absolute atomic E-state index is 5.77. The molecule has 0 bridgehead atoms. The first-order chi connectivity index (χ1) is 13.7. The topological polar surface area (TPSA) is 52.0 Å². The van der Waals surface area contributed by atoms with Gasteiger partial charge in [0.05, 0.1) is 0 Å². The maximum atomic E-state index is 5.77. The fourth-order valence-electron chi connectivity index (χ4n) is 3.24. The van der Waals surface area contributed by atoms with Crippen LogP contribution in [0.4, 0.5) is 11.4 Å². The van der Waals surface area contributed by atoms with Gasteiger partial charge in [0.15, 0.2) is 0 Å². The largest absolute Gasteiger partial charge is 0.399 e. The number of hydrogen-bond acceptors (Lipinski definition) is 2. The molecule has 0 amide bonds. The molecular weight excluding hydrogens is 340 g/mol. The van der Waals surface area contributed by atoms with E-state index in [2.05, 4.69) is 60.7 Å². The number of hydrogen-bond donors (Lipinski definition) is 2. The van der Waals surface area contributed by atoms with Crippen LogP contribution < -0.4 is 11.5 Å². The molecule has 4 rings (SSSR count). The number of rotatable bonds is 4. The molecule has 2 heteroatoms. The number of nitrogens with two attached hydrogens (primary N) is 2. The van der Waals surface area contributed by atoms with Crippen LogP contribution in [-0.2, 0) is 0 Å². The summed E-state index contributed by atoms with van der Waals surface area (Å²) in [7, 11) is 0. The summed E-state index contributed by atoms with van der Waals surface area (Å²) in [5.41, 5.74) is 17.7. The second kappa shape index (κ2) is 7.85. The first kappa shape index (κ1) is 17.6. The highest BCUT2D eigenvalue weighted by molar-refractivity contribution is 5.98. The Morgan fingerprint density at radius 3 is 1.21 bits per heavy atom. The molecule has 0 atom stereocenters. The Kier molecular flexibility index (Phi) is 4.94. The SMILES string of the molecule is Nc1ccc(C=Cc2cccc3c(C=Cc4ccc(N)cc4)cccc23)cc1. The van der Waals surface area contributed by atoms with Gasteiger partial charge in [-0.1, -0.05) is 85.0 Å². The second-order valence-electron chi connectivity index (χ2n) is 6.79. The first-order valence-electron chi connectivity index (χ1n) is 9.28. The van der Waals surface area contributed by atoms with Gasteiger partial charge >= 0.3 is 0 Å². The van der Waals surface area contributed by atoms with E-state index in [4.69, 9.17) is 11.5 Å². The van der Waals surface area contributed by atoms with E-state index in [-0.39, 0.29) is 0 Å². The van der Waals surface area contributed by atoms with E-state index in [1.54, 1.807) is 0 Å². The number of benzene rings is 4. The minimum absolute atomic E-state index is 0.778. The van der Waals surface area contributed by atoms with Crippen molar-refractivity contribution in [3.8, 4) is 0 Å². The predicted molar refractivity (Wildman–Crippen MR) is 124 cm³/mol. The van der Waals surface area contributed by atoms with Crippen LogP contribution in [0.25, 0.3) is 35.1 Å². The zero-order valence-electron chi connectivity index (χ0n) is 15.5. The van der Waals surface area contributed by atoms with Crippen LogP contribution in [-0.4, -0.2) is 0 Å². The van der Waals surface area contributed by atoms with Crippen LogP contribution in [0.15, 0.2) is 84.9 Å². The molecule has 0 heterocycles. The van der Waals surface area contributed by atoms with E-state index in [1.165, 1.54) is 21.9 Å². The third-order valence-corrected chi connectivity index (χ3v) is 4.77. The smallest absolute Gasteiger partial charge is 0.0314 e. The zero-order chi connectivity index (χ0) is 19.3. The van der Waals surface area contributed by atoms with Crippen LogP contribution in [0.2, 0.25) is 0 Å². The van der Waals surface area contributed by atoms with Crippen molar-refractivity contribution in [1.82, 2.24) is 0 Å². The van der Waals surface area contributed by atoms with Crippen molar-refractivity contribution >= 4 is 46.5 Å². The molecule has 0 aromatic heterocycles. The van der Waals surface area contributed by atoms with Gasteiger partial charge in [-0.3, -0.25) is 0 Å². The molecular formula is C26H22N2. The molecule has 0 saturated heterocycles. The molecule has 4 aromatic carbocycles. The predicted octanol–water partition coefficient (Wildman–Crippen LogP) is 6.35. The highest BCUT2D eigenvalue weighted by Gasteiger charge is 2.01. The van der Waals surface area contributed by atoms with Crippen molar-refractivity contribution in [2.24, 2.45) is 0 Å². The van der Waals surface area contributed by atoms with Gasteiger partial charge in [-0.05, 0) is 57.3 Å². The standard InChI is InChI=1S/C26H22N2/c27-23-15-9-19(10-16-23)7-13-21-3-1-5-25-22(4-2-6-26(21)25)14-8-20-11-17-24(28)18-12-20/h1-18H,27-28H2. The van der Waals surface area contributed by atoms with Gasteiger partial charge in [0.1, 0.15) is 0 Å². The molecule has 136 valence electrons. The highest BCUT2D eigenvalue weighted by Crippen LogP contribution is 2.26. The Morgan fingerprint density at radius 2 is 0.821 bits per heavy atom. The number of fused-ring (bicyclic) bond motifs is 1. The molecule has 0 saturated carbocycles. The molecule has 28 heavy (non-hydrogen) atoms. The van der Waals surface area contributed by atoms with Gasteiger partial charge in [-0.2, -0.15) is 0 Å². The van der Waals surface area contributed by atoms with Crippen LogP contribution in [0.5, 0.6) is 0 Å². The Hall–Kier alpha value is -3.78. The molecule has 0 spiro atoms. The summed E-state index contributed by atoms with van der Waals surface area (Å²) < 4.78 is 0. The Bertz CT molecular complexity index is 1060. The molecule has 0 radical (unpaired) electrons. The highest BCUT2D eigenvalue weighted by atomic mass is 14.5. The quantitative estimate of drug-likeness (QED) is 0.328. The molecule has 2 nitrogen and oxygen atoms in total. The van der Waals surface area contributed by atoms with Gasteiger partial charge in [-0.15, -0.1) is 0 Å². The maximum Gasteiger partial charge on any atom is 0.0314 e. The van der Waals surface area contributed by atoms with Gasteiger partial charge in [0, 0.05) is 11.4 Å². The van der Waals surface area contributed by atoms with E-state index in [1.807, 2.05) is 48.5 Å². The normalized spacial score (nSPS) is 11.6. The summed E-state index contributed by atoms with van der Waals surface area (Å²) in [5, 5.41) is 2.46. The van der Waals surface area contributed by atoms with Gasteiger partial charge in [-0.25, -0.2) is 0 Å². The molecule has 0 aliphatic heterocycles. The summed E-state index contributed by atoms with van der Waals surface area (Å²) in [6, 6.07) is 28.6. The lowest BCUT2D eigenvalue weighted by atomic mass is 9.98. The summed E-state index contributed by atoms with van der Waals surface area (Å²) in [5.74, 6) is 0. The molecule has 4 N–H and O–H groups in total. The van der Waals surface area contributed by atoms with Crippen molar-refractivity contribution < 1.29 is 0 Å². The second-order valence-corrected chi connectivity index (χ2v) is 6.79. The van der Waals surface area contributed by atoms with E-state index in [0.29, 0.717) is 0 Å². The monoisotopic (exact) mass is 362 g/mol. The van der Waals surface area contributed by atoms with Crippen LogP contribution in [0.1, 0.15) is 22.3 Å². The zero-order valence-corrected chi connectivity index (χ0v) is 15.5. The third kappa shape index (κ3) is 3.97. The number of nitrogen functional groups attached to an aromatic ring is 2. The average Bonchev–Trinajstić information content (AvgIpc) is 2.73. The van der Waals surface area contributed by atoms with Crippen LogP contribution >= 0.6 is 0 Å². The van der Waals surface area contributed by atoms with Crippen LogP contribution in [0.3, 0.4) is 0 Å². The van der Waals surface area contributed by atoms with E-state index in [0.717, 1.165) is 22.5 Å². The van der Waals surface area contributed by atoms with Crippen molar-refractivity contribution in [3.05, 3.63) is 107 Å². The van der Waals surface area contributed by atoms with Crippen molar-refractivity contribution in [3.63, 3.8) is 0 Å². The first-order valence-corrected chi connectivity index (χ1v) is 9.28. The fraction of sp³-hybridized carbons (Fsp3) is 0. The van der Waals surface area contributed by atoms with Crippen molar-refractivity contribution in [2.75, 3.05) is 11.5 Å². The summed E-state index contributed by atoms with van der Waals surface area (Å²) in [6.07, 6.45) is 8.54. The average molecular weight is 362 g/mol. The number of anilines is 2. The minimum atomic E-state index is 0.778. The van der Waals surface area contributed by atoms with E-state index < -0.39 is 0 Å². The lowest BCUT2D eigenvalue weighted by Crippen LogP contribution is -1.84. The third-order valence-electron chi connectivity index (χ3n) is 4.77. The summed E-state index contributed by atoms with van der Waals surface area (Å²) >= 11 is 0. The Labute approximate surface area is 165 Å². The summed E-state index contributed by atoms with van der Waals surface area (Å²) in [4.78, 5) is 0. The van der Waals surface area contributed by atoms with E-state index >= 15 is 0 Å². The van der Waals surface area contributed by atoms with Gasteiger partial charge < -0.3 is 11.5 Å². The Morgan fingerprint density at radius 1 is 0.429 bits per heavy atom. The lowest BCUT2D eigenvalue weighted by molar-refractivity contribution is 1.64. The van der Waals surface area contributed by atoms with Crippen molar-refractivity contribution in [1.29, 1.82) is 0 Å². The molecule has 0 fully saturated rings. The van der Waals surface area contributed by atoms with Gasteiger partial charge in [0.25, 0.3) is 0 Å². The lowest BCUT2D eigenvalue weighted by Gasteiger charge is -2.06. The molecule has 0 unspecified atom stereocenters. The van der Waals surface area contributed by atoms with E-state index in [9.17, 15) is 0 Å². The van der Waals surface area contributed by atoms with Gasteiger partial charge in [0.2, 0.25) is 0 Å². The molecule has 0 aliphatic rings. The summed E-state index contributed by atoms with van der Waals surface area (Å²) in [6.45, 7) is 0. The minimum Gasteiger partial charge on any atom is -0.399 e. The van der Waals surface area contributed by atoms with Crippen molar-refractivity contribution in [2.45, 2.75) is 0 Å². The fourth-order valence-corrected chi connectivity index (χ4v) is 3.24. The Balaban J connectivity index is 1.68.